The van der Waals surface area contributed by atoms with E-state index < -0.39 is 17.3 Å². The van der Waals surface area contributed by atoms with Gasteiger partial charge in [-0.2, -0.15) is 0 Å². The lowest BCUT2D eigenvalue weighted by Crippen LogP contribution is -2.17. The van der Waals surface area contributed by atoms with Crippen molar-refractivity contribution in [3.8, 4) is 11.5 Å². The number of halogens is 1. The Kier molecular flexibility index (Phi) is 4.30. The smallest absolute Gasteiger partial charge is 0.300 e. The van der Waals surface area contributed by atoms with Gasteiger partial charge in [0.15, 0.2) is 11.6 Å². The quantitative estimate of drug-likeness (QED) is 0.675. The fourth-order valence-electron chi connectivity index (χ4n) is 1.96. The summed E-state index contributed by atoms with van der Waals surface area (Å²) < 4.78 is 19.5. The maximum atomic E-state index is 14.2. The number of aromatic amines is 1. The first-order valence-corrected chi connectivity index (χ1v) is 7.04. The molecular weight excluding hydrogens is 327 g/mol. The van der Waals surface area contributed by atoms with Crippen LogP contribution in [0.15, 0.2) is 47.4 Å². The normalized spacial score (nSPS) is 9.96. The van der Waals surface area contributed by atoms with Crippen LogP contribution < -0.4 is 21.3 Å². The van der Waals surface area contributed by atoms with Gasteiger partial charge < -0.3 is 20.8 Å². The van der Waals surface area contributed by atoms with E-state index >= 15 is 0 Å². The highest BCUT2D eigenvalue weighted by Gasteiger charge is 2.10. The number of aromatic nitrogens is 2. The van der Waals surface area contributed by atoms with E-state index in [0.29, 0.717) is 5.75 Å². The number of hydrogen-bond donors (Lipinski definition) is 3. The fraction of sp³-hybridized carbons (Fsp3) is 0. The number of pyridine rings is 1. The van der Waals surface area contributed by atoms with Crippen molar-refractivity contribution < 1.29 is 13.9 Å². The summed E-state index contributed by atoms with van der Waals surface area (Å²) in [4.78, 5) is 29.2. The maximum absolute atomic E-state index is 14.2. The number of H-pyrrole nitrogens is 1. The third-order valence-corrected chi connectivity index (χ3v) is 3.07. The van der Waals surface area contributed by atoms with E-state index in [9.17, 15) is 14.0 Å². The standard InChI is InChI=1S/C17H11FN4O3/c18-12-8-10(21-17(24)13-2-1-3-16(23)22-13)4-5-14(12)25-11-6-7-20-15(19)9-11/h2,4-9H,(H2,19,20)(H,21,24)(H,22,23). The first-order chi connectivity index (χ1) is 12.0. The maximum Gasteiger partial charge on any atom is 0.300 e. The molecule has 3 rings (SSSR count). The van der Waals surface area contributed by atoms with Crippen LogP contribution in [0.2, 0.25) is 0 Å². The number of rotatable bonds is 4. The Labute approximate surface area is 141 Å². The van der Waals surface area contributed by atoms with Crippen molar-refractivity contribution in [1.82, 2.24) is 9.97 Å². The zero-order valence-corrected chi connectivity index (χ0v) is 12.7. The number of carbonyl (C=O) groups is 1. The first-order valence-electron chi connectivity index (χ1n) is 7.04. The van der Waals surface area contributed by atoms with E-state index in [0.717, 1.165) is 6.07 Å². The van der Waals surface area contributed by atoms with Crippen LogP contribution in [0.5, 0.6) is 11.5 Å². The minimum atomic E-state index is -0.686. The van der Waals surface area contributed by atoms with Gasteiger partial charge in [0.25, 0.3) is 5.91 Å². The molecule has 2 heterocycles. The monoisotopic (exact) mass is 338 g/mol. The Morgan fingerprint density at radius 1 is 1.32 bits per heavy atom. The van der Waals surface area contributed by atoms with E-state index in [1.54, 1.807) is 0 Å². The van der Waals surface area contributed by atoms with E-state index in [1.165, 1.54) is 36.5 Å². The van der Waals surface area contributed by atoms with Gasteiger partial charge in [0.1, 0.15) is 17.3 Å². The van der Waals surface area contributed by atoms with E-state index in [4.69, 9.17) is 10.5 Å². The molecule has 124 valence electrons. The number of amides is 1. The van der Waals surface area contributed by atoms with E-state index in [1.807, 2.05) is 0 Å². The highest BCUT2D eigenvalue weighted by atomic mass is 19.1. The Bertz CT molecular complexity index is 987. The van der Waals surface area contributed by atoms with Crippen LogP contribution in [0.4, 0.5) is 15.9 Å². The third-order valence-electron chi connectivity index (χ3n) is 3.07. The van der Waals surface area contributed by atoms with Crippen LogP contribution >= 0.6 is 0 Å². The minimum absolute atomic E-state index is 0.0169. The van der Waals surface area contributed by atoms with Crippen molar-refractivity contribution in [2.75, 3.05) is 11.1 Å². The second kappa shape index (κ2) is 6.72. The summed E-state index contributed by atoms with van der Waals surface area (Å²) in [5, 5.41) is 2.46. The second-order valence-corrected chi connectivity index (χ2v) is 4.90. The molecule has 0 spiro atoms. The van der Waals surface area contributed by atoms with Crippen molar-refractivity contribution in [3.63, 3.8) is 0 Å². The molecule has 0 saturated carbocycles. The molecule has 0 radical (unpaired) electrons. The molecule has 0 atom stereocenters. The van der Waals surface area contributed by atoms with Crippen LogP contribution in [0.3, 0.4) is 0 Å². The van der Waals surface area contributed by atoms with Crippen LogP contribution in [-0.4, -0.2) is 15.9 Å². The number of nitrogens with two attached hydrogens (primary N) is 1. The number of anilines is 2. The summed E-state index contributed by atoms with van der Waals surface area (Å²) in [5.41, 5.74) is 5.12. The fourth-order valence-corrected chi connectivity index (χ4v) is 1.96. The van der Waals surface area contributed by atoms with E-state index in [2.05, 4.69) is 27.4 Å². The molecule has 3 aromatic rings. The number of nitrogen functional groups attached to an aromatic ring is 1. The lowest BCUT2D eigenvalue weighted by Gasteiger charge is -2.09. The number of benzene rings is 1. The summed E-state index contributed by atoms with van der Waals surface area (Å²) in [6.45, 7) is 0. The summed E-state index contributed by atoms with van der Waals surface area (Å²) >= 11 is 0. The van der Waals surface area contributed by atoms with Crippen molar-refractivity contribution in [2.24, 2.45) is 0 Å². The number of hydrogen-bond acceptors (Lipinski definition) is 5. The second-order valence-electron chi connectivity index (χ2n) is 4.90. The molecule has 0 aliphatic carbocycles. The van der Waals surface area contributed by atoms with Gasteiger partial charge in [-0.3, -0.25) is 9.59 Å². The predicted octanol–water partition coefficient (Wildman–Crippen LogP) is 2.14. The molecule has 0 unspecified atom stereocenters. The molecule has 1 amide bonds. The molecule has 2 aromatic heterocycles. The summed E-state index contributed by atoms with van der Waals surface area (Å²) in [6, 6.07) is 12.8. The number of ether oxygens (including phenoxy) is 1. The predicted molar refractivity (Wildman–Crippen MR) is 87.8 cm³/mol. The van der Waals surface area contributed by atoms with Gasteiger partial charge in [-0.15, -0.1) is 0 Å². The average molecular weight is 338 g/mol. The topological polar surface area (TPSA) is 110 Å². The molecule has 0 aliphatic rings. The van der Waals surface area contributed by atoms with Crippen LogP contribution in [-0.2, 0) is 0 Å². The van der Waals surface area contributed by atoms with Gasteiger partial charge in [0, 0.05) is 36.1 Å². The molecule has 0 aliphatic heterocycles. The Morgan fingerprint density at radius 2 is 2.16 bits per heavy atom. The molecule has 7 nitrogen and oxygen atoms in total. The van der Waals surface area contributed by atoms with Gasteiger partial charge in [-0.25, -0.2) is 9.37 Å². The molecule has 8 heteroatoms. The van der Waals surface area contributed by atoms with Gasteiger partial charge in [0.05, 0.1) is 0 Å². The molecule has 0 bridgehead atoms. The van der Waals surface area contributed by atoms with Gasteiger partial charge in [-0.05, 0) is 18.2 Å². The third kappa shape index (κ3) is 3.92. The zero-order chi connectivity index (χ0) is 17.8. The largest absolute Gasteiger partial charge is 0.454 e. The van der Waals surface area contributed by atoms with Crippen molar-refractivity contribution >= 4 is 17.4 Å². The molecule has 0 fully saturated rings. The highest BCUT2D eigenvalue weighted by molar-refractivity contribution is 6.02. The molecule has 25 heavy (non-hydrogen) atoms. The summed E-state index contributed by atoms with van der Waals surface area (Å²) in [5.74, 6) is -0.767. The lowest BCUT2D eigenvalue weighted by atomic mass is 10.2. The number of nitrogens with zero attached hydrogens (tertiary/aromatic N) is 1. The Hall–Kier alpha value is -3.86. The first kappa shape index (κ1) is 16.0. The zero-order valence-electron chi connectivity index (χ0n) is 12.7. The van der Waals surface area contributed by atoms with E-state index in [-0.39, 0.29) is 22.9 Å². The van der Waals surface area contributed by atoms with Gasteiger partial charge in [0.2, 0.25) is 0 Å². The summed E-state index contributed by atoms with van der Waals surface area (Å²) in [6.07, 6.45) is 1.44. The number of carbonyl (C=O) groups excluding carboxylic acids is 1. The molecule has 0 saturated heterocycles. The molecule has 1 aromatic carbocycles. The van der Waals surface area contributed by atoms with Gasteiger partial charge >= 0.3 is 5.56 Å². The highest BCUT2D eigenvalue weighted by Crippen LogP contribution is 2.27. The minimum Gasteiger partial charge on any atom is -0.454 e. The molecular formula is C17H11FN4O3. The molecule has 4 N–H and O–H groups in total. The average Bonchev–Trinajstić information content (AvgIpc) is 2.57. The van der Waals surface area contributed by atoms with Crippen molar-refractivity contribution in [2.45, 2.75) is 0 Å². The van der Waals surface area contributed by atoms with Crippen LogP contribution in [0, 0.1) is 17.9 Å². The van der Waals surface area contributed by atoms with Crippen LogP contribution in [0.1, 0.15) is 10.5 Å². The Balaban J connectivity index is 1.75. The van der Waals surface area contributed by atoms with Crippen molar-refractivity contribution in [1.29, 1.82) is 0 Å². The van der Waals surface area contributed by atoms with Gasteiger partial charge in [-0.1, -0.05) is 6.07 Å². The lowest BCUT2D eigenvalue weighted by molar-refractivity contribution is 0.102. The Morgan fingerprint density at radius 3 is 2.88 bits per heavy atom. The summed E-state index contributed by atoms with van der Waals surface area (Å²) in [7, 11) is 0. The SMILES string of the molecule is Nc1cc(Oc2ccc(NC(=O)c3cc#cc(=O)[nH]3)cc2F)ccn1. The van der Waals surface area contributed by atoms with Crippen LogP contribution in [0.25, 0.3) is 0 Å². The number of nitrogens with one attached hydrogen (secondary N) is 2. The van der Waals surface area contributed by atoms with Crippen molar-refractivity contribution in [3.05, 3.63) is 76.6 Å².